The van der Waals surface area contributed by atoms with E-state index < -0.39 is 0 Å². The van der Waals surface area contributed by atoms with Gasteiger partial charge in [-0.25, -0.2) is 0 Å². The molecule has 0 atom stereocenters. The summed E-state index contributed by atoms with van der Waals surface area (Å²) in [4.78, 5) is 13.7. The number of piperidine rings is 1. The van der Waals surface area contributed by atoms with Crippen LogP contribution in [-0.4, -0.2) is 24.5 Å². The summed E-state index contributed by atoms with van der Waals surface area (Å²) in [6.07, 6.45) is 2.81. The van der Waals surface area contributed by atoms with Crippen LogP contribution < -0.4 is 4.74 Å². The van der Waals surface area contributed by atoms with Gasteiger partial charge in [0, 0.05) is 24.0 Å². The summed E-state index contributed by atoms with van der Waals surface area (Å²) in [7, 11) is 1.65. The Kier molecular flexibility index (Phi) is 4.05. The Morgan fingerprint density at radius 2 is 2.24 bits per heavy atom. The van der Waals surface area contributed by atoms with E-state index >= 15 is 0 Å². The van der Waals surface area contributed by atoms with Gasteiger partial charge in [0.05, 0.1) is 7.11 Å². The summed E-state index contributed by atoms with van der Waals surface area (Å²) in [6, 6.07) is 5.85. The number of benzene rings is 1. The van der Waals surface area contributed by atoms with Gasteiger partial charge in [-0.05, 0) is 36.6 Å². The molecule has 1 aliphatic rings. The molecule has 1 heterocycles. The monoisotopic (exact) mass is 297 g/mol. The Labute approximate surface area is 110 Å². The van der Waals surface area contributed by atoms with E-state index in [9.17, 15) is 4.79 Å². The van der Waals surface area contributed by atoms with Crippen molar-refractivity contribution in [3.8, 4) is 5.75 Å². The fourth-order valence-corrected chi connectivity index (χ4v) is 2.41. The quantitative estimate of drug-likeness (QED) is 0.858. The predicted molar refractivity (Wildman–Crippen MR) is 70.0 cm³/mol. The van der Waals surface area contributed by atoms with Crippen molar-refractivity contribution in [2.45, 2.75) is 25.8 Å². The van der Waals surface area contributed by atoms with Crippen LogP contribution in [0.2, 0.25) is 0 Å². The second-order valence-corrected chi connectivity index (χ2v) is 5.08. The molecule has 0 unspecified atom stereocenters. The van der Waals surface area contributed by atoms with Gasteiger partial charge >= 0.3 is 0 Å². The third kappa shape index (κ3) is 3.00. The number of hydrogen-bond acceptors (Lipinski definition) is 2. The molecule has 1 saturated heterocycles. The van der Waals surface area contributed by atoms with Gasteiger partial charge in [0.15, 0.2) is 0 Å². The van der Waals surface area contributed by atoms with Gasteiger partial charge in [0.2, 0.25) is 5.91 Å². The van der Waals surface area contributed by atoms with Crippen molar-refractivity contribution in [3.05, 3.63) is 28.2 Å². The van der Waals surface area contributed by atoms with Crippen LogP contribution in [0.25, 0.3) is 0 Å². The highest BCUT2D eigenvalue weighted by Crippen LogP contribution is 2.25. The molecule has 0 spiro atoms. The van der Waals surface area contributed by atoms with E-state index in [0.717, 1.165) is 35.2 Å². The Balaban J connectivity index is 2.14. The largest absolute Gasteiger partial charge is 0.497 e. The van der Waals surface area contributed by atoms with Crippen molar-refractivity contribution in [3.63, 3.8) is 0 Å². The highest BCUT2D eigenvalue weighted by molar-refractivity contribution is 9.10. The minimum Gasteiger partial charge on any atom is -0.497 e. The van der Waals surface area contributed by atoms with Crippen LogP contribution in [0.4, 0.5) is 0 Å². The lowest BCUT2D eigenvalue weighted by atomic mass is 10.1. The number of amides is 1. The van der Waals surface area contributed by atoms with Gasteiger partial charge in [-0.3, -0.25) is 4.79 Å². The molecular weight excluding hydrogens is 282 g/mol. The number of likely N-dealkylation sites (tertiary alicyclic amines) is 1. The van der Waals surface area contributed by atoms with E-state index in [0.29, 0.717) is 13.0 Å². The second kappa shape index (κ2) is 5.54. The average molecular weight is 298 g/mol. The highest BCUT2D eigenvalue weighted by atomic mass is 79.9. The summed E-state index contributed by atoms with van der Waals surface area (Å²) < 4.78 is 6.23. The maximum atomic E-state index is 11.7. The Morgan fingerprint density at radius 3 is 2.94 bits per heavy atom. The number of carbonyl (C=O) groups excluding carboxylic acids is 1. The minimum atomic E-state index is 0.256. The predicted octanol–water partition coefficient (Wildman–Crippen LogP) is 2.97. The third-order valence-corrected chi connectivity index (χ3v) is 3.81. The fraction of sp³-hybridized carbons (Fsp3) is 0.462. The molecule has 0 bridgehead atoms. The van der Waals surface area contributed by atoms with Crippen molar-refractivity contribution in [1.29, 1.82) is 0 Å². The Bertz CT molecular complexity index is 420. The number of carbonyl (C=O) groups is 1. The molecule has 2 rings (SSSR count). The summed E-state index contributed by atoms with van der Waals surface area (Å²) in [6.45, 7) is 1.53. The van der Waals surface area contributed by atoms with Gasteiger partial charge in [-0.1, -0.05) is 15.9 Å². The SMILES string of the molecule is COc1ccc(Br)c(CN2CCCCC2=O)c1. The first kappa shape index (κ1) is 12.4. The standard InChI is InChI=1S/C13H16BrNO2/c1-17-11-5-6-12(14)10(8-11)9-15-7-3-2-4-13(15)16/h5-6,8H,2-4,7,9H2,1H3. The molecule has 0 radical (unpaired) electrons. The van der Waals surface area contributed by atoms with Crippen LogP contribution >= 0.6 is 15.9 Å². The molecule has 1 aliphatic heterocycles. The number of rotatable bonds is 3. The zero-order chi connectivity index (χ0) is 12.3. The van der Waals surface area contributed by atoms with E-state index in [1.807, 2.05) is 23.1 Å². The molecule has 17 heavy (non-hydrogen) atoms. The van der Waals surface area contributed by atoms with Crippen LogP contribution in [0.1, 0.15) is 24.8 Å². The van der Waals surface area contributed by atoms with E-state index in [1.54, 1.807) is 7.11 Å². The summed E-state index contributed by atoms with van der Waals surface area (Å²) in [5.74, 6) is 1.08. The minimum absolute atomic E-state index is 0.256. The van der Waals surface area contributed by atoms with Gasteiger partial charge in [0.25, 0.3) is 0 Å². The van der Waals surface area contributed by atoms with Gasteiger partial charge < -0.3 is 9.64 Å². The normalized spacial score (nSPS) is 16.1. The van der Waals surface area contributed by atoms with Gasteiger partial charge in [-0.2, -0.15) is 0 Å². The molecule has 92 valence electrons. The molecule has 1 amide bonds. The lowest BCUT2D eigenvalue weighted by Crippen LogP contribution is -2.34. The highest BCUT2D eigenvalue weighted by Gasteiger charge is 2.18. The Morgan fingerprint density at radius 1 is 1.41 bits per heavy atom. The number of nitrogens with zero attached hydrogens (tertiary/aromatic N) is 1. The second-order valence-electron chi connectivity index (χ2n) is 4.23. The molecule has 3 nitrogen and oxygen atoms in total. The first-order chi connectivity index (χ1) is 8.20. The number of ether oxygens (including phenoxy) is 1. The van der Waals surface area contributed by atoms with Gasteiger partial charge in [0.1, 0.15) is 5.75 Å². The van der Waals surface area contributed by atoms with Crippen molar-refractivity contribution in [1.82, 2.24) is 4.90 Å². The van der Waals surface area contributed by atoms with E-state index in [1.165, 1.54) is 0 Å². The molecule has 0 saturated carbocycles. The number of halogens is 1. The molecule has 1 aromatic carbocycles. The maximum absolute atomic E-state index is 11.7. The zero-order valence-corrected chi connectivity index (χ0v) is 11.5. The van der Waals surface area contributed by atoms with Crippen molar-refractivity contribution in [2.75, 3.05) is 13.7 Å². The first-order valence-electron chi connectivity index (χ1n) is 5.81. The Hall–Kier alpha value is -1.03. The maximum Gasteiger partial charge on any atom is 0.222 e. The summed E-state index contributed by atoms with van der Waals surface area (Å²) in [5.41, 5.74) is 1.10. The van der Waals surface area contributed by atoms with Gasteiger partial charge in [-0.15, -0.1) is 0 Å². The van der Waals surface area contributed by atoms with Crippen LogP contribution in [0.3, 0.4) is 0 Å². The number of hydrogen-bond donors (Lipinski definition) is 0. The zero-order valence-electron chi connectivity index (χ0n) is 9.91. The molecule has 0 aliphatic carbocycles. The van der Waals surface area contributed by atoms with E-state index in [-0.39, 0.29) is 5.91 Å². The van der Waals surface area contributed by atoms with Crippen LogP contribution in [-0.2, 0) is 11.3 Å². The summed E-state index contributed by atoms with van der Waals surface area (Å²) >= 11 is 3.51. The average Bonchev–Trinajstić information content (AvgIpc) is 2.35. The first-order valence-corrected chi connectivity index (χ1v) is 6.60. The molecule has 1 fully saturated rings. The van der Waals surface area contributed by atoms with E-state index in [2.05, 4.69) is 15.9 Å². The van der Waals surface area contributed by atoms with Crippen molar-refractivity contribution >= 4 is 21.8 Å². The summed E-state index contributed by atoms with van der Waals surface area (Å²) in [5, 5.41) is 0. The number of methoxy groups -OCH3 is 1. The van der Waals surface area contributed by atoms with Crippen molar-refractivity contribution < 1.29 is 9.53 Å². The molecule has 0 N–H and O–H groups in total. The van der Waals surface area contributed by atoms with Crippen molar-refractivity contribution in [2.24, 2.45) is 0 Å². The fourth-order valence-electron chi connectivity index (χ4n) is 2.03. The van der Waals surface area contributed by atoms with Crippen LogP contribution in [0, 0.1) is 0 Å². The lowest BCUT2D eigenvalue weighted by Gasteiger charge is -2.27. The smallest absolute Gasteiger partial charge is 0.222 e. The molecule has 4 heteroatoms. The third-order valence-electron chi connectivity index (χ3n) is 3.04. The van der Waals surface area contributed by atoms with Crippen LogP contribution in [0.5, 0.6) is 5.75 Å². The molecule has 0 aromatic heterocycles. The molecular formula is C13H16BrNO2. The van der Waals surface area contributed by atoms with Crippen LogP contribution in [0.15, 0.2) is 22.7 Å². The van der Waals surface area contributed by atoms with E-state index in [4.69, 9.17) is 4.74 Å². The molecule has 1 aromatic rings. The lowest BCUT2D eigenvalue weighted by molar-refractivity contribution is -0.133. The topological polar surface area (TPSA) is 29.5 Å².